The minimum atomic E-state index is -1.23. The third-order valence-corrected chi connectivity index (χ3v) is 6.70. The smallest absolute Gasteiger partial charge is 0.409 e. The number of primary amides is 1. The molecule has 7 N–H and O–H groups in total. The van der Waals surface area contributed by atoms with Crippen LogP contribution in [0.25, 0.3) is 0 Å². The van der Waals surface area contributed by atoms with Gasteiger partial charge in [-0.3, -0.25) is 29.4 Å². The van der Waals surface area contributed by atoms with E-state index in [1.165, 1.54) is 24.1 Å². The molecular formula is C28H46N8O8. The molecule has 1 aliphatic rings. The highest BCUT2D eigenvalue weighted by Gasteiger charge is 2.29. The van der Waals surface area contributed by atoms with E-state index in [-0.39, 0.29) is 75.7 Å². The lowest BCUT2D eigenvalue weighted by Gasteiger charge is -2.29. The first-order chi connectivity index (χ1) is 20.9. The van der Waals surface area contributed by atoms with Crippen molar-refractivity contribution in [1.82, 2.24) is 31.1 Å². The Morgan fingerprint density at radius 3 is 2.36 bits per heavy atom. The standard InChI is InChI=1S/C28H46N8O8/c1-19(2)24(34-21(37)10-5-4-6-16-36-22(38)11-12-23(36)39)26(41)33-20(9-7-14-32-27(30)42)25(40)31-15-17-35(3)28(43)44-18-8-13-29/h11-12,19-20,24-25,31,40H,4-10,14-18H2,1-3H3,(H,33,41)(H,34,37)(H3,30,32,42)/t20-,24-,25?/m0/s1. The number of hydrogen-bond acceptors (Lipinski definition) is 10. The highest BCUT2D eigenvalue weighted by molar-refractivity contribution is 6.12. The van der Waals surface area contributed by atoms with E-state index in [1.54, 1.807) is 13.8 Å². The van der Waals surface area contributed by atoms with Gasteiger partial charge >= 0.3 is 12.1 Å². The lowest BCUT2D eigenvalue weighted by molar-refractivity contribution is -0.137. The zero-order chi connectivity index (χ0) is 33.1. The number of likely N-dealkylation sites (N-methyl/N-ethyl adjacent to an activating group) is 1. The van der Waals surface area contributed by atoms with Crippen molar-refractivity contribution in [3.8, 4) is 6.07 Å². The molecule has 44 heavy (non-hydrogen) atoms. The number of nitriles is 1. The minimum Gasteiger partial charge on any atom is -0.448 e. The molecule has 3 atom stereocenters. The monoisotopic (exact) mass is 622 g/mol. The quantitative estimate of drug-likeness (QED) is 0.0542. The summed E-state index contributed by atoms with van der Waals surface area (Å²) in [5.41, 5.74) is 5.11. The Kier molecular flexibility index (Phi) is 17.7. The third-order valence-electron chi connectivity index (χ3n) is 6.70. The van der Waals surface area contributed by atoms with Crippen LogP contribution in [0.4, 0.5) is 9.59 Å². The summed E-state index contributed by atoms with van der Waals surface area (Å²) < 4.78 is 4.94. The first kappa shape index (κ1) is 37.8. The highest BCUT2D eigenvalue weighted by atomic mass is 16.6. The number of carbonyl (C=O) groups is 6. The Hall–Kier alpha value is -4.23. The maximum absolute atomic E-state index is 13.2. The molecule has 246 valence electrons. The van der Waals surface area contributed by atoms with Gasteiger partial charge in [0.25, 0.3) is 11.8 Å². The van der Waals surface area contributed by atoms with Gasteiger partial charge in [-0.15, -0.1) is 0 Å². The van der Waals surface area contributed by atoms with Gasteiger partial charge in [-0.05, 0) is 31.6 Å². The molecule has 0 aromatic rings. The second kappa shape index (κ2) is 20.6. The van der Waals surface area contributed by atoms with Crippen LogP contribution in [0.3, 0.4) is 0 Å². The average molecular weight is 623 g/mol. The van der Waals surface area contributed by atoms with Crippen LogP contribution < -0.4 is 27.0 Å². The second-order valence-electron chi connectivity index (χ2n) is 10.7. The minimum absolute atomic E-state index is 0.0300. The van der Waals surface area contributed by atoms with Crippen LogP contribution in [0.15, 0.2) is 12.2 Å². The zero-order valence-corrected chi connectivity index (χ0v) is 25.7. The fourth-order valence-electron chi connectivity index (χ4n) is 4.19. The van der Waals surface area contributed by atoms with E-state index in [1.807, 2.05) is 6.07 Å². The van der Waals surface area contributed by atoms with Crippen LogP contribution in [0.2, 0.25) is 0 Å². The SMILES string of the molecule is CC(C)[C@H](NC(=O)CCCCCN1C(=O)C=CC1=O)C(=O)N[C@@H](CCCNC(N)=O)C(O)NCCN(C)C(=O)OCCC#N. The maximum atomic E-state index is 13.2. The number of nitrogens with one attached hydrogen (secondary N) is 4. The number of rotatable bonds is 21. The Labute approximate surface area is 257 Å². The van der Waals surface area contributed by atoms with Gasteiger partial charge in [0.15, 0.2) is 0 Å². The summed E-state index contributed by atoms with van der Waals surface area (Å²) in [7, 11) is 1.50. The normalized spacial score (nSPS) is 14.5. The van der Waals surface area contributed by atoms with E-state index < -0.39 is 36.3 Å². The predicted octanol–water partition coefficient (Wildman–Crippen LogP) is -0.564. The van der Waals surface area contributed by atoms with E-state index >= 15 is 0 Å². The van der Waals surface area contributed by atoms with Gasteiger partial charge in [0.1, 0.15) is 18.9 Å². The highest BCUT2D eigenvalue weighted by Crippen LogP contribution is 2.10. The number of nitrogens with zero attached hydrogens (tertiary/aromatic N) is 3. The van der Waals surface area contributed by atoms with Crippen LogP contribution in [0, 0.1) is 17.2 Å². The van der Waals surface area contributed by atoms with E-state index in [4.69, 9.17) is 15.7 Å². The summed E-state index contributed by atoms with van der Waals surface area (Å²) in [6.07, 6.45) is 3.10. The van der Waals surface area contributed by atoms with Gasteiger partial charge in [-0.25, -0.2) is 9.59 Å². The number of aliphatic hydroxyl groups excluding tert-OH is 1. The van der Waals surface area contributed by atoms with Gasteiger partial charge in [0.2, 0.25) is 11.8 Å². The first-order valence-corrected chi connectivity index (χ1v) is 14.7. The summed E-state index contributed by atoms with van der Waals surface area (Å²) in [6, 6.07) is -0.527. The molecule has 0 radical (unpaired) electrons. The van der Waals surface area contributed by atoms with Crippen LogP contribution in [-0.2, 0) is 23.9 Å². The average Bonchev–Trinajstić information content (AvgIpc) is 3.28. The fourth-order valence-corrected chi connectivity index (χ4v) is 4.19. The summed E-state index contributed by atoms with van der Waals surface area (Å²) in [4.78, 5) is 74.5. The molecule has 0 spiro atoms. The van der Waals surface area contributed by atoms with Crippen molar-refractivity contribution in [2.24, 2.45) is 11.7 Å². The number of hydrogen-bond donors (Lipinski definition) is 6. The molecule has 0 aromatic heterocycles. The number of carbonyl (C=O) groups excluding carboxylic acids is 6. The summed E-state index contributed by atoms with van der Waals surface area (Å²) in [5.74, 6) is -1.80. The number of unbranched alkanes of at least 4 members (excludes halogenated alkanes) is 2. The fraction of sp³-hybridized carbons (Fsp3) is 0.679. The molecule has 0 aliphatic carbocycles. The molecule has 0 fully saturated rings. The number of nitrogens with two attached hydrogens (primary N) is 1. The topological polar surface area (TPSA) is 236 Å². The Bertz CT molecular complexity index is 1040. The van der Waals surface area contributed by atoms with Crippen molar-refractivity contribution in [3.63, 3.8) is 0 Å². The van der Waals surface area contributed by atoms with Crippen LogP contribution >= 0.6 is 0 Å². The van der Waals surface area contributed by atoms with E-state index in [2.05, 4.69) is 21.3 Å². The van der Waals surface area contributed by atoms with Gasteiger partial charge < -0.3 is 36.4 Å². The third kappa shape index (κ3) is 14.8. The van der Waals surface area contributed by atoms with E-state index in [0.29, 0.717) is 25.7 Å². The Morgan fingerprint density at radius 1 is 1.07 bits per heavy atom. The van der Waals surface area contributed by atoms with Gasteiger partial charge in [0, 0.05) is 51.8 Å². The maximum Gasteiger partial charge on any atom is 0.409 e. The van der Waals surface area contributed by atoms with Crippen molar-refractivity contribution in [2.75, 3.05) is 39.8 Å². The molecule has 0 bridgehead atoms. The number of amides is 7. The largest absolute Gasteiger partial charge is 0.448 e. The molecule has 16 nitrogen and oxygen atoms in total. The zero-order valence-electron chi connectivity index (χ0n) is 25.7. The summed E-state index contributed by atoms with van der Waals surface area (Å²) in [6.45, 7) is 4.32. The molecule has 0 aromatic carbocycles. The predicted molar refractivity (Wildman–Crippen MR) is 158 cm³/mol. The summed E-state index contributed by atoms with van der Waals surface area (Å²) in [5, 5.41) is 30.2. The molecule has 1 rings (SSSR count). The van der Waals surface area contributed by atoms with Crippen molar-refractivity contribution in [3.05, 3.63) is 12.2 Å². The van der Waals surface area contributed by atoms with Gasteiger partial charge in [-0.1, -0.05) is 20.3 Å². The molecule has 1 aliphatic heterocycles. The van der Waals surface area contributed by atoms with Gasteiger partial charge in [0.05, 0.1) is 18.5 Å². The molecule has 16 heteroatoms. The van der Waals surface area contributed by atoms with Gasteiger partial charge in [-0.2, -0.15) is 5.26 Å². The van der Waals surface area contributed by atoms with Crippen molar-refractivity contribution < 1.29 is 38.6 Å². The lowest BCUT2D eigenvalue weighted by atomic mass is 10.0. The molecule has 1 unspecified atom stereocenters. The van der Waals surface area contributed by atoms with E-state index in [9.17, 15) is 33.9 Å². The van der Waals surface area contributed by atoms with Crippen molar-refractivity contribution in [2.45, 2.75) is 77.1 Å². The number of aliphatic hydroxyl groups is 1. The Morgan fingerprint density at radius 2 is 1.75 bits per heavy atom. The lowest BCUT2D eigenvalue weighted by Crippen LogP contribution is -2.57. The van der Waals surface area contributed by atoms with Crippen LogP contribution in [0.5, 0.6) is 0 Å². The Balaban J connectivity index is 2.64. The van der Waals surface area contributed by atoms with Crippen molar-refractivity contribution in [1.29, 1.82) is 5.26 Å². The van der Waals surface area contributed by atoms with Crippen LogP contribution in [0.1, 0.15) is 58.8 Å². The number of imide groups is 1. The van der Waals surface area contributed by atoms with Crippen molar-refractivity contribution >= 4 is 35.8 Å². The van der Waals surface area contributed by atoms with Crippen LogP contribution in [-0.4, -0.2) is 109 Å². The molecule has 0 saturated carbocycles. The first-order valence-electron chi connectivity index (χ1n) is 14.7. The number of urea groups is 1. The molecular weight excluding hydrogens is 576 g/mol. The molecule has 0 saturated heterocycles. The van der Waals surface area contributed by atoms with E-state index in [0.717, 1.165) is 4.90 Å². The second-order valence-corrected chi connectivity index (χ2v) is 10.7. The molecule has 7 amide bonds. The molecule has 1 heterocycles. The summed E-state index contributed by atoms with van der Waals surface area (Å²) >= 11 is 0. The number of ether oxygens (including phenoxy) is 1.